The van der Waals surface area contributed by atoms with Crippen molar-refractivity contribution >= 4 is 17.7 Å². The number of aliphatic hydroxyl groups is 1. The summed E-state index contributed by atoms with van der Waals surface area (Å²) in [6.07, 6.45) is 2.85. The standard InChI is InChI=1S/C25H34N4O4/c1-16(26)22(31)28-19-9-7-17(8-10-19)14-25(24(2,3)4)12-11-20(29(25)23(32)33)21(30)18-6-5-13-27-15-18/h5-10,13,15-16,20-21,30H,11-12,14,26H2,1-4H3,(H,28,31)(H,32,33)/t16-,20+,21+,25-/m0/s1. The van der Waals surface area contributed by atoms with Crippen LogP contribution in [0.5, 0.6) is 0 Å². The number of carboxylic acid groups (broad SMARTS) is 1. The van der Waals surface area contributed by atoms with Crippen LogP contribution in [0.1, 0.15) is 57.8 Å². The maximum Gasteiger partial charge on any atom is 0.408 e. The lowest BCUT2D eigenvalue weighted by atomic mass is 9.68. The number of carbonyl (C=O) groups excluding carboxylic acids is 1. The van der Waals surface area contributed by atoms with Crippen LogP contribution in [-0.2, 0) is 11.2 Å². The van der Waals surface area contributed by atoms with E-state index in [4.69, 9.17) is 5.73 Å². The Morgan fingerprint density at radius 3 is 2.45 bits per heavy atom. The second kappa shape index (κ2) is 9.49. The minimum Gasteiger partial charge on any atom is -0.465 e. The van der Waals surface area contributed by atoms with Crippen molar-refractivity contribution in [3.63, 3.8) is 0 Å². The van der Waals surface area contributed by atoms with Gasteiger partial charge in [-0.3, -0.25) is 14.7 Å². The van der Waals surface area contributed by atoms with Gasteiger partial charge in [0.05, 0.1) is 17.6 Å². The lowest BCUT2D eigenvalue weighted by molar-refractivity contribution is -0.117. The molecular formula is C25H34N4O4. The maximum atomic E-state index is 12.6. The van der Waals surface area contributed by atoms with Gasteiger partial charge in [-0.05, 0) is 55.4 Å². The Morgan fingerprint density at radius 2 is 1.94 bits per heavy atom. The van der Waals surface area contributed by atoms with E-state index in [2.05, 4.69) is 10.3 Å². The number of likely N-dealkylation sites (tertiary alicyclic amines) is 1. The van der Waals surface area contributed by atoms with E-state index < -0.39 is 35.2 Å². The molecule has 1 aromatic carbocycles. The zero-order valence-electron chi connectivity index (χ0n) is 19.7. The van der Waals surface area contributed by atoms with E-state index in [0.29, 0.717) is 30.5 Å². The molecule has 0 aliphatic carbocycles. The molecule has 2 amide bonds. The summed E-state index contributed by atoms with van der Waals surface area (Å²) >= 11 is 0. The summed E-state index contributed by atoms with van der Waals surface area (Å²) in [6.45, 7) is 7.74. The molecule has 2 heterocycles. The molecule has 1 aliphatic rings. The van der Waals surface area contributed by atoms with Crippen molar-refractivity contribution in [2.24, 2.45) is 11.1 Å². The smallest absolute Gasteiger partial charge is 0.408 e. The third kappa shape index (κ3) is 5.02. The van der Waals surface area contributed by atoms with E-state index in [-0.39, 0.29) is 5.91 Å². The number of aromatic nitrogens is 1. The summed E-state index contributed by atoms with van der Waals surface area (Å²) in [6, 6.07) is 9.72. The van der Waals surface area contributed by atoms with Gasteiger partial charge in [0.2, 0.25) is 5.91 Å². The van der Waals surface area contributed by atoms with E-state index in [1.165, 1.54) is 4.90 Å². The van der Waals surface area contributed by atoms with Crippen LogP contribution in [0.3, 0.4) is 0 Å². The minimum absolute atomic E-state index is 0.269. The van der Waals surface area contributed by atoms with E-state index >= 15 is 0 Å². The molecule has 4 atom stereocenters. The van der Waals surface area contributed by atoms with E-state index in [1.807, 2.05) is 32.9 Å². The molecule has 2 aromatic rings. The number of hydrogen-bond acceptors (Lipinski definition) is 5. The lowest BCUT2D eigenvalue weighted by Gasteiger charge is -2.49. The van der Waals surface area contributed by atoms with Crippen LogP contribution < -0.4 is 11.1 Å². The number of benzene rings is 1. The van der Waals surface area contributed by atoms with Crippen LogP contribution in [0.25, 0.3) is 0 Å². The van der Waals surface area contributed by atoms with Crippen molar-refractivity contribution in [2.75, 3.05) is 5.32 Å². The Balaban J connectivity index is 1.92. The molecular weight excluding hydrogens is 420 g/mol. The van der Waals surface area contributed by atoms with Crippen LogP contribution in [0.4, 0.5) is 10.5 Å². The van der Waals surface area contributed by atoms with Gasteiger partial charge in [0.15, 0.2) is 0 Å². The summed E-state index contributed by atoms with van der Waals surface area (Å²) in [7, 11) is 0. The Morgan fingerprint density at radius 1 is 1.27 bits per heavy atom. The van der Waals surface area contributed by atoms with Crippen LogP contribution >= 0.6 is 0 Å². The van der Waals surface area contributed by atoms with Gasteiger partial charge in [-0.2, -0.15) is 0 Å². The molecule has 1 aliphatic heterocycles. The second-order valence-corrected chi connectivity index (χ2v) is 9.92. The molecule has 8 nitrogen and oxygen atoms in total. The number of rotatable bonds is 6. The largest absolute Gasteiger partial charge is 0.465 e. The summed E-state index contributed by atoms with van der Waals surface area (Å²) in [5.41, 5.74) is 6.69. The number of anilines is 1. The van der Waals surface area contributed by atoms with Crippen molar-refractivity contribution in [1.82, 2.24) is 9.88 Å². The Hall–Kier alpha value is -2.97. The van der Waals surface area contributed by atoms with E-state index in [0.717, 1.165) is 5.56 Å². The number of carbonyl (C=O) groups is 2. The zero-order chi connectivity index (χ0) is 24.4. The van der Waals surface area contributed by atoms with Crippen LogP contribution in [-0.4, -0.2) is 49.7 Å². The molecule has 1 saturated heterocycles. The van der Waals surface area contributed by atoms with Gasteiger partial charge in [0.1, 0.15) is 6.10 Å². The van der Waals surface area contributed by atoms with Gasteiger partial charge in [0, 0.05) is 23.6 Å². The molecule has 0 spiro atoms. The molecule has 0 radical (unpaired) electrons. The maximum absolute atomic E-state index is 12.6. The molecule has 0 unspecified atom stereocenters. The van der Waals surface area contributed by atoms with Crippen molar-refractivity contribution in [2.45, 2.75) is 70.7 Å². The highest BCUT2D eigenvalue weighted by Gasteiger charge is 2.56. The third-order valence-corrected chi connectivity index (χ3v) is 6.77. The van der Waals surface area contributed by atoms with Crippen LogP contribution in [0, 0.1) is 5.41 Å². The first-order chi connectivity index (χ1) is 15.5. The first-order valence-corrected chi connectivity index (χ1v) is 11.2. The number of pyridine rings is 1. The molecule has 3 rings (SSSR count). The second-order valence-electron chi connectivity index (χ2n) is 9.92. The van der Waals surface area contributed by atoms with E-state index in [1.54, 1.807) is 43.6 Å². The van der Waals surface area contributed by atoms with Gasteiger partial charge in [0.25, 0.3) is 0 Å². The fraction of sp³-hybridized carbons (Fsp3) is 0.480. The molecule has 5 N–H and O–H groups in total. The normalized spacial score (nSPS) is 22.6. The topological polar surface area (TPSA) is 129 Å². The summed E-state index contributed by atoms with van der Waals surface area (Å²) in [4.78, 5) is 30.0. The minimum atomic E-state index is -1.05. The van der Waals surface area contributed by atoms with Crippen LogP contribution in [0.15, 0.2) is 48.8 Å². The highest BCUT2D eigenvalue weighted by Crippen LogP contribution is 2.50. The molecule has 0 bridgehead atoms. The van der Waals surface area contributed by atoms with Crippen molar-refractivity contribution in [3.8, 4) is 0 Å². The Kier molecular flexibility index (Phi) is 7.09. The number of nitrogens with one attached hydrogen (secondary N) is 1. The average Bonchev–Trinajstić information content (AvgIpc) is 3.16. The summed E-state index contributed by atoms with van der Waals surface area (Å²) in [5, 5.41) is 24.1. The van der Waals surface area contributed by atoms with Crippen molar-refractivity contribution in [3.05, 3.63) is 59.9 Å². The lowest BCUT2D eigenvalue weighted by Crippen LogP contribution is -2.59. The van der Waals surface area contributed by atoms with Gasteiger partial charge < -0.3 is 21.3 Å². The molecule has 33 heavy (non-hydrogen) atoms. The quantitative estimate of drug-likeness (QED) is 0.528. The predicted molar refractivity (Wildman–Crippen MR) is 127 cm³/mol. The molecule has 0 saturated carbocycles. The Bertz CT molecular complexity index is 972. The summed E-state index contributed by atoms with van der Waals surface area (Å²) < 4.78 is 0. The van der Waals surface area contributed by atoms with Gasteiger partial charge >= 0.3 is 6.09 Å². The highest BCUT2D eigenvalue weighted by atomic mass is 16.4. The highest BCUT2D eigenvalue weighted by molar-refractivity contribution is 5.94. The molecule has 8 heteroatoms. The third-order valence-electron chi connectivity index (χ3n) is 6.77. The Labute approximate surface area is 194 Å². The molecule has 1 fully saturated rings. The molecule has 178 valence electrons. The number of amides is 2. The summed E-state index contributed by atoms with van der Waals surface area (Å²) in [5.74, 6) is -0.269. The first-order valence-electron chi connectivity index (χ1n) is 11.2. The average molecular weight is 455 g/mol. The number of hydrogen-bond donors (Lipinski definition) is 4. The molecule has 1 aromatic heterocycles. The van der Waals surface area contributed by atoms with Crippen LogP contribution in [0.2, 0.25) is 0 Å². The number of nitrogens with two attached hydrogens (primary N) is 1. The zero-order valence-corrected chi connectivity index (χ0v) is 19.7. The van der Waals surface area contributed by atoms with Gasteiger partial charge in [-0.25, -0.2) is 4.79 Å². The van der Waals surface area contributed by atoms with Gasteiger partial charge in [-0.15, -0.1) is 0 Å². The monoisotopic (exact) mass is 454 g/mol. The van der Waals surface area contributed by atoms with Gasteiger partial charge in [-0.1, -0.05) is 39.0 Å². The fourth-order valence-electron chi connectivity index (χ4n) is 4.83. The van der Waals surface area contributed by atoms with Crippen molar-refractivity contribution < 1.29 is 19.8 Å². The number of nitrogens with zero attached hydrogens (tertiary/aromatic N) is 2. The number of aliphatic hydroxyl groups excluding tert-OH is 1. The van der Waals surface area contributed by atoms with Crippen molar-refractivity contribution in [1.29, 1.82) is 0 Å². The first kappa shape index (κ1) is 24.7. The SMILES string of the molecule is C[C@H](N)C(=O)Nc1ccc(C[C@]2(C(C)(C)C)CC[C@H]([C@H](O)c3cccnc3)N2C(=O)O)cc1. The fourth-order valence-corrected chi connectivity index (χ4v) is 4.83. The predicted octanol–water partition coefficient (Wildman–Crippen LogP) is 3.57. The van der Waals surface area contributed by atoms with E-state index in [9.17, 15) is 19.8 Å².